The minimum atomic E-state index is -0.631. The standard InChI is InChI=1S/C12H7Cl2N5O4/c13-10-5-9(19(22)23)6-11(14)12(10)16-17-15-7-1-3-8(4-2-7)18(20)21/h1-6H,(H,15,16). The number of nitrogens with one attached hydrogen (secondary N) is 1. The molecular weight excluding hydrogens is 349 g/mol. The summed E-state index contributed by atoms with van der Waals surface area (Å²) in [4.78, 5) is 20.0. The lowest BCUT2D eigenvalue weighted by Crippen LogP contribution is -1.90. The quantitative estimate of drug-likeness (QED) is 0.463. The summed E-state index contributed by atoms with van der Waals surface area (Å²) in [5.74, 6) is 0. The van der Waals surface area contributed by atoms with Gasteiger partial charge in [0.1, 0.15) is 5.69 Å². The van der Waals surface area contributed by atoms with E-state index in [-0.39, 0.29) is 27.1 Å². The van der Waals surface area contributed by atoms with Gasteiger partial charge in [-0.3, -0.25) is 25.7 Å². The number of non-ortho nitro benzene ring substituents is 2. The van der Waals surface area contributed by atoms with E-state index >= 15 is 0 Å². The number of benzene rings is 2. The predicted molar refractivity (Wildman–Crippen MR) is 84.4 cm³/mol. The highest BCUT2D eigenvalue weighted by Gasteiger charge is 2.14. The Kier molecular flexibility index (Phi) is 5.04. The maximum absolute atomic E-state index is 10.7. The molecule has 0 radical (unpaired) electrons. The number of rotatable bonds is 5. The molecule has 118 valence electrons. The van der Waals surface area contributed by atoms with Crippen molar-refractivity contribution in [1.29, 1.82) is 0 Å². The van der Waals surface area contributed by atoms with E-state index in [4.69, 9.17) is 23.2 Å². The number of anilines is 1. The van der Waals surface area contributed by atoms with Gasteiger partial charge in [-0.2, -0.15) is 0 Å². The van der Waals surface area contributed by atoms with E-state index in [1.165, 1.54) is 24.3 Å². The second-order valence-electron chi connectivity index (χ2n) is 4.13. The Morgan fingerprint density at radius 1 is 0.913 bits per heavy atom. The van der Waals surface area contributed by atoms with E-state index in [1.807, 2.05) is 0 Å². The first-order valence-corrected chi connectivity index (χ1v) is 6.68. The fraction of sp³-hybridized carbons (Fsp3) is 0. The smallest absolute Gasteiger partial charge is 0.260 e. The first kappa shape index (κ1) is 16.6. The molecule has 0 aliphatic rings. The van der Waals surface area contributed by atoms with Crippen LogP contribution in [0.25, 0.3) is 0 Å². The van der Waals surface area contributed by atoms with Crippen LogP contribution in [0.3, 0.4) is 0 Å². The fourth-order valence-electron chi connectivity index (χ4n) is 1.54. The lowest BCUT2D eigenvalue weighted by atomic mass is 10.3. The molecule has 0 fully saturated rings. The van der Waals surface area contributed by atoms with E-state index in [0.29, 0.717) is 5.69 Å². The molecular formula is C12H7Cl2N5O4. The van der Waals surface area contributed by atoms with Crippen molar-refractivity contribution in [3.8, 4) is 0 Å². The average Bonchev–Trinajstić information content (AvgIpc) is 2.50. The van der Waals surface area contributed by atoms with E-state index in [1.54, 1.807) is 0 Å². The van der Waals surface area contributed by atoms with Gasteiger partial charge in [-0.25, -0.2) is 0 Å². The summed E-state index contributed by atoms with van der Waals surface area (Å²) in [5, 5.41) is 28.5. The van der Waals surface area contributed by atoms with Crippen molar-refractivity contribution in [3.63, 3.8) is 0 Å². The molecule has 2 aromatic carbocycles. The third-order valence-corrected chi connectivity index (χ3v) is 3.20. The molecule has 0 aromatic heterocycles. The third kappa shape index (κ3) is 4.11. The van der Waals surface area contributed by atoms with Crippen molar-refractivity contribution in [2.24, 2.45) is 10.3 Å². The third-order valence-electron chi connectivity index (χ3n) is 2.62. The van der Waals surface area contributed by atoms with E-state index in [2.05, 4.69) is 15.8 Å². The lowest BCUT2D eigenvalue weighted by molar-refractivity contribution is -0.385. The van der Waals surface area contributed by atoms with Gasteiger partial charge in [0.2, 0.25) is 0 Å². The van der Waals surface area contributed by atoms with Crippen molar-refractivity contribution in [2.45, 2.75) is 0 Å². The van der Waals surface area contributed by atoms with Crippen LogP contribution in [0.2, 0.25) is 10.0 Å². The molecule has 0 atom stereocenters. The van der Waals surface area contributed by atoms with Gasteiger partial charge in [0.05, 0.1) is 25.6 Å². The second-order valence-corrected chi connectivity index (χ2v) is 4.95. The van der Waals surface area contributed by atoms with Gasteiger partial charge in [-0.15, -0.1) is 5.11 Å². The first-order valence-electron chi connectivity index (χ1n) is 5.93. The Bertz CT molecular complexity index is 772. The second kappa shape index (κ2) is 6.99. The SMILES string of the molecule is O=[N+]([O-])c1ccc(NN=Nc2c(Cl)cc([N+](=O)[O-])cc2Cl)cc1. The van der Waals surface area contributed by atoms with Crippen LogP contribution in [-0.4, -0.2) is 9.85 Å². The van der Waals surface area contributed by atoms with Gasteiger partial charge in [0.25, 0.3) is 11.4 Å². The summed E-state index contributed by atoms with van der Waals surface area (Å²) in [6, 6.07) is 7.68. The van der Waals surface area contributed by atoms with Crippen LogP contribution >= 0.6 is 23.2 Å². The molecule has 0 aliphatic heterocycles. The van der Waals surface area contributed by atoms with Crippen LogP contribution in [0.15, 0.2) is 46.7 Å². The molecule has 0 spiro atoms. The topological polar surface area (TPSA) is 123 Å². The van der Waals surface area contributed by atoms with Crippen LogP contribution in [0.4, 0.5) is 22.7 Å². The number of hydrogen-bond donors (Lipinski definition) is 1. The summed E-state index contributed by atoms with van der Waals surface area (Å²) in [5.41, 5.74) is 2.73. The zero-order chi connectivity index (χ0) is 17.0. The molecule has 2 aromatic rings. The summed E-state index contributed by atoms with van der Waals surface area (Å²) >= 11 is 11.7. The number of nitro benzene ring substituents is 2. The highest BCUT2D eigenvalue weighted by atomic mass is 35.5. The number of hydrogen-bond acceptors (Lipinski definition) is 6. The van der Waals surface area contributed by atoms with E-state index < -0.39 is 9.85 Å². The van der Waals surface area contributed by atoms with Gasteiger partial charge in [-0.05, 0) is 12.1 Å². The van der Waals surface area contributed by atoms with Crippen molar-refractivity contribution >= 4 is 46.0 Å². The van der Waals surface area contributed by atoms with Crippen molar-refractivity contribution in [3.05, 3.63) is 66.7 Å². The largest absolute Gasteiger partial charge is 0.272 e. The molecule has 0 unspecified atom stereocenters. The first-order chi connectivity index (χ1) is 10.9. The molecule has 0 aliphatic carbocycles. The molecule has 0 heterocycles. The van der Waals surface area contributed by atoms with Crippen LogP contribution < -0.4 is 5.43 Å². The van der Waals surface area contributed by atoms with Gasteiger partial charge in [-0.1, -0.05) is 28.4 Å². The van der Waals surface area contributed by atoms with E-state index in [0.717, 1.165) is 12.1 Å². The summed E-state index contributed by atoms with van der Waals surface area (Å²) < 4.78 is 0. The molecule has 0 bridgehead atoms. The Hall–Kier alpha value is -2.78. The summed E-state index contributed by atoms with van der Waals surface area (Å²) in [7, 11) is 0. The number of nitro groups is 2. The Morgan fingerprint density at radius 2 is 1.43 bits per heavy atom. The van der Waals surface area contributed by atoms with Crippen molar-refractivity contribution in [2.75, 3.05) is 5.43 Å². The normalized spacial score (nSPS) is 10.7. The average molecular weight is 356 g/mol. The zero-order valence-corrected chi connectivity index (χ0v) is 12.7. The minimum Gasteiger partial charge on any atom is -0.260 e. The van der Waals surface area contributed by atoms with Crippen LogP contribution in [0.1, 0.15) is 0 Å². The van der Waals surface area contributed by atoms with Gasteiger partial charge < -0.3 is 0 Å². The Morgan fingerprint density at radius 3 is 1.91 bits per heavy atom. The van der Waals surface area contributed by atoms with E-state index in [9.17, 15) is 20.2 Å². The molecule has 2 rings (SSSR count). The maximum atomic E-state index is 10.7. The summed E-state index contributed by atoms with van der Waals surface area (Å²) in [6.07, 6.45) is 0. The maximum Gasteiger partial charge on any atom is 0.272 e. The van der Waals surface area contributed by atoms with Crippen LogP contribution in [-0.2, 0) is 0 Å². The summed E-state index contributed by atoms with van der Waals surface area (Å²) in [6.45, 7) is 0. The fourth-order valence-corrected chi connectivity index (χ4v) is 2.09. The number of nitrogens with zero attached hydrogens (tertiary/aromatic N) is 4. The van der Waals surface area contributed by atoms with Crippen molar-refractivity contribution in [1.82, 2.24) is 0 Å². The zero-order valence-electron chi connectivity index (χ0n) is 11.1. The monoisotopic (exact) mass is 355 g/mol. The molecule has 11 heteroatoms. The Labute approximate surface area is 138 Å². The van der Waals surface area contributed by atoms with Gasteiger partial charge in [0.15, 0.2) is 0 Å². The highest BCUT2D eigenvalue weighted by Crippen LogP contribution is 2.37. The highest BCUT2D eigenvalue weighted by molar-refractivity contribution is 6.39. The van der Waals surface area contributed by atoms with Gasteiger partial charge in [0, 0.05) is 24.3 Å². The van der Waals surface area contributed by atoms with Gasteiger partial charge >= 0.3 is 0 Å². The number of halogens is 2. The molecule has 0 saturated carbocycles. The lowest BCUT2D eigenvalue weighted by Gasteiger charge is -2.01. The molecule has 9 nitrogen and oxygen atoms in total. The van der Waals surface area contributed by atoms with Crippen LogP contribution in [0, 0.1) is 20.2 Å². The molecule has 23 heavy (non-hydrogen) atoms. The van der Waals surface area contributed by atoms with Crippen LogP contribution in [0.5, 0.6) is 0 Å². The molecule has 1 N–H and O–H groups in total. The molecule has 0 saturated heterocycles. The minimum absolute atomic E-state index is 0.0292. The molecule has 0 amide bonds. The van der Waals surface area contributed by atoms with Crippen molar-refractivity contribution < 1.29 is 9.85 Å². The Balaban J connectivity index is 2.14. The predicted octanol–water partition coefficient (Wildman–Crippen LogP) is 4.92.